The second kappa shape index (κ2) is 18.5. The van der Waals surface area contributed by atoms with Crippen LogP contribution in [0.2, 0.25) is 0 Å². The van der Waals surface area contributed by atoms with Crippen LogP contribution in [-0.2, 0) is 9.47 Å². The number of para-hydroxylation sites is 2. The molecule has 0 bridgehead atoms. The zero-order chi connectivity index (χ0) is 38.1. The van der Waals surface area contributed by atoms with Gasteiger partial charge in [-0.3, -0.25) is 0 Å². The zero-order valence-corrected chi connectivity index (χ0v) is 35.4. The summed E-state index contributed by atoms with van der Waals surface area (Å²) < 4.78 is 13.6. The third kappa shape index (κ3) is 10.2. The molecule has 0 spiro atoms. The molecule has 0 radical (unpaired) electrons. The van der Waals surface area contributed by atoms with E-state index in [4.69, 9.17) is 39.4 Å². The summed E-state index contributed by atoms with van der Waals surface area (Å²) >= 11 is 1.73. The average Bonchev–Trinajstić information content (AvgIpc) is 3.22. The predicted molar refractivity (Wildman–Crippen MR) is 224 cm³/mol. The summed E-state index contributed by atoms with van der Waals surface area (Å²) in [6, 6.07) is 32.6. The van der Waals surface area contributed by atoms with Crippen molar-refractivity contribution in [2.24, 2.45) is 0 Å². The Hall–Kier alpha value is -4.64. The SMILES string of the molecule is [Na][c]1cc(Nc2nc(Nc3ccccc3)nc(N3CCOCC3)n2)ccc1C=Cc1ccc(Nc2nc(Nc3ccccc3)nc(N3CCOCC3)n2)c[c]1[Na]. The molecule has 4 aromatic carbocycles. The van der Waals surface area contributed by atoms with Gasteiger partial charge in [0.2, 0.25) is 0 Å². The molecule has 2 aromatic heterocycles. The van der Waals surface area contributed by atoms with Gasteiger partial charge in [0.25, 0.3) is 0 Å². The summed E-state index contributed by atoms with van der Waals surface area (Å²) in [5.41, 5.74) is 6.03. The number of rotatable bonds is 12. The number of hydrogen-bond acceptors (Lipinski definition) is 14. The van der Waals surface area contributed by atoms with Crippen LogP contribution in [0.25, 0.3) is 12.2 Å². The third-order valence-electron chi connectivity index (χ3n) is 9.39. The molecular weight excluding hydrogens is 727 g/mol. The normalized spacial score (nSPS) is 14.5. The number of nitrogens with one attached hydrogen (secondary N) is 4. The van der Waals surface area contributed by atoms with Crippen molar-refractivity contribution in [1.82, 2.24) is 29.9 Å². The van der Waals surface area contributed by atoms with Gasteiger partial charge in [-0.15, -0.1) is 0 Å². The molecule has 2 aliphatic heterocycles. The first-order valence-electron chi connectivity index (χ1n) is 18.8. The summed E-state index contributed by atoms with van der Waals surface area (Å²) in [6.45, 7) is 5.47. The molecule has 8 rings (SSSR count). The van der Waals surface area contributed by atoms with Crippen LogP contribution in [0.3, 0.4) is 0 Å². The van der Waals surface area contributed by atoms with E-state index < -0.39 is 0 Å². The number of ether oxygens (including phenoxy) is 2. The van der Waals surface area contributed by atoms with Crippen molar-refractivity contribution in [3.8, 4) is 0 Å². The Morgan fingerprint density at radius 2 is 0.804 bits per heavy atom. The van der Waals surface area contributed by atoms with Crippen LogP contribution in [0.4, 0.5) is 58.4 Å². The maximum absolute atomic E-state index is 5.56. The third-order valence-corrected chi connectivity index (χ3v) is 11.1. The standard InChI is InChI=1S/C40H38N12O2.2Na/c1-3-7-31(8-4-1)41-35-45-37(49-39(47-35)51-21-25-53-26-22-51)43-33-17-13-29(14-18-33)11-12-30-15-19-34(20-16-30)44-38-46-36(42-32-9-5-2-6-10-32)48-40(50-38)52-23-27-54-28-24-52;;/h1-13,15,17-20H,21-28H2,(H2,41,43,45,47,49)(H2,42,44,46,48,50);;. The van der Waals surface area contributed by atoms with Gasteiger partial charge >= 0.3 is 363 Å². The van der Waals surface area contributed by atoms with E-state index in [-0.39, 0.29) is 0 Å². The van der Waals surface area contributed by atoms with Gasteiger partial charge in [0.15, 0.2) is 0 Å². The fourth-order valence-corrected chi connectivity index (χ4v) is 7.67. The molecule has 4 heterocycles. The van der Waals surface area contributed by atoms with Crippen molar-refractivity contribution in [3.05, 3.63) is 108 Å². The van der Waals surface area contributed by atoms with Crippen LogP contribution in [-0.4, -0.2) is 138 Å². The second-order valence-corrected chi connectivity index (χ2v) is 15.6. The Morgan fingerprint density at radius 1 is 0.446 bits per heavy atom. The van der Waals surface area contributed by atoms with Crippen LogP contribution in [0.5, 0.6) is 0 Å². The van der Waals surface area contributed by atoms with Gasteiger partial charge in [-0.2, -0.15) is 0 Å². The number of benzene rings is 4. The van der Waals surface area contributed by atoms with Crippen LogP contribution in [0, 0.1) is 0 Å². The van der Waals surface area contributed by atoms with Crippen LogP contribution >= 0.6 is 0 Å². The monoisotopic (exact) mass is 764 g/mol. The molecule has 2 fully saturated rings. The molecule has 56 heavy (non-hydrogen) atoms. The molecule has 4 N–H and O–H groups in total. The van der Waals surface area contributed by atoms with Crippen LogP contribution in [0.15, 0.2) is 97.1 Å². The van der Waals surface area contributed by atoms with Gasteiger partial charge in [-0.1, -0.05) is 0 Å². The predicted octanol–water partition coefficient (Wildman–Crippen LogP) is 4.46. The Kier molecular flexibility index (Phi) is 12.7. The minimum absolute atomic E-state index is 0.483. The molecule has 14 nitrogen and oxygen atoms in total. The molecule has 0 atom stereocenters. The Morgan fingerprint density at radius 3 is 1.16 bits per heavy atom. The molecule has 0 saturated carbocycles. The number of hydrogen-bond donors (Lipinski definition) is 4. The zero-order valence-electron chi connectivity index (χ0n) is 31.4. The minimum atomic E-state index is 0.483. The van der Waals surface area contributed by atoms with Crippen molar-refractivity contribution in [2.75, 3.05) is 83.7 Å². The van der Waals surface area contributed by atoms with Gasteiger partial charge in [0, 0.05) is 0 Å². The van der Waals surface area contributed by atoms with E-state index in [9.17, 15) is 0 Å². The van der Waals surface area contributed by atoms with E-state index in [0.717, 1.165) is 105 Å². The topological polar surface area (TPSA) is 150 Å². The van der Waals surface area contributed by atoms with Crippen molar-refractivity contribution in [1.29, 1.82) is 0 Å². The molecular formula is C40H38N12Na2O2. The number of aromatic nitrogens is 6. The first-order chi connectivity index (χ1) is 27.5. The quantitative estimate of drug-likeness (QED) is 0.103. The molecule has 2 saturated heterocycles. The van der Waals surface area contributed by atoms with Gasteiger partial charge in [0.1, 0.15) is 0 Å². The Balaban J connectivity index is 0.963. The van der Waals surface area contributed by atoms with E-state index in [2.05, 4.69) is 79.6 Å². The summed E-state index contributed by atoms with van der Waals surface area (Å²) in [5, 5.41) is 13.5. The van der Waals surface area contributed by atoms with Crippen molar-refractivity contribution >= 4 is 132 Å². The van der Waals surface area contributed by atoms with Crippen LogP contribution < -0.4 is 36.7 Å². The molecule has 272 valence electrons. The van der Waals surface area contributed by atoms with Crippen LogP contribution in [0.1, 0.15) is 11.1 Å². The Bertz CT molecular complexity index is 2130. The van der Waals surface area contributed by atoms with E-state index in [1.807, 2.05) is 60.7 Å². The van der Waals surface area contributed by atoms with Gasteiger partial charge < -0.3 is 0 Å². The Labute approximate surface area is 360 Å². The molecule has 16 heteroatoms. The van der Waals surface area contributed by atoms with Gasteiger partial charge in [-0.25, -0.2) is 0 Å². The van der Waals surface area contributed by atoms with Crippen molar-refractivity contribution < 1.29 is 9.47 Å². The average molecular weight is 765 g/mol. The summed E-state index contributed by atoms with van der Waals surface area (Å²) in [7, 11) is 0. The number of morpholine rings is 2. The molecule has 6 aromatic rings. The molecule has 0 aliphatic carbocycles. The van der Waals surface area contributed by atoms with E-state index in [1.165, 1.54) is 16.8 Å². The first kappa shape index (κ1) is 38.2. The molecule has 2 aliphatic rings. The molecule has 0 amide bonds. The van der Waals surface area contributed by atoms with E-state index in [0.29, 0.717) is 62.1 Å². The fraction of sp³-hybridized carbons (Fsp3) is 0.200. The van der Waals surface area contributed by atoms with E-state index in [1.54, 1.807) is 0 Å². The number of nitrogens with zero attached hydrogens (tertiary/aromatic N) is 8. The second-order valence-electron chi connectivity index (χ2n) is 13.5. The van der Waals surface area contributed by atoms with Crippen molar-refractivity contribution in [2.45, 2.75) is 0 Å². The first-order valence-corrected chi connectivity index (χ1v) is 20.8. The van der Waals surface area contributed by atoms with Gasteiger partial charge in [-0.05, 0) is 0 Å². The number of anilines is 10. The maximum atomic E-state index is 5.56. The summed E-state index contributed by atoms with van der Waals surface area (Å²) in [4.78, 5) is 32.7. The molecule has 0 unspecified atom stereocenters. The van der Waals surface area contributed by atoms with Crippen molar-refractivity contribution in [3.63, 3.8) is 0 Å². The van der Waals surface area contributed by atoms with Gasteiger partial charge in [0.05, 0.1) is 0 Å². The fourth-order valence-electron chi connectivity index (χ4n) is 6.38. The summed E-state index contributed by atoms with van der Waals surface area (Å²) in [5.74, 6) is 3.17. The summed E-state index contributed by atoms with van der Waals surface area (Å²) in [6.07, 6.45) is 4.39. The van der Waals surface area contributed by atoms with E-state index >= 15 is 0 Å².